The minimum Gasteiger partial charge on any atom is -0.394 e. The standard InChI is InChI=1S/C16H23N3O4/c20-12-14(18-15(21)13-4-2-1-3-5-13)16(22)17-6-7-19-8-10-23-11-9-19/h1-5,14,20H,6-12H2,(H,17,22)(H,18,21). The Bertz CT molecular complexity index is 503. The molecule has 1 aliphatic rings. The van der Waals surface area contributed by atoms with Crippen LogP contribution in [0.2, 0.25) is 0 Å². The number of carbonyl (C=O) groups excluding carboxylic acids is 2. The van der Waals surface area contributed by atoms with Crippen LogP contribution in [0.15, 0.2) is 30.3 Å². The summed E-state index contributed by atoms with van der Waals surface area (Å²) in [5.74, 6) is -0.766. The van der Waals surface area contributed by atoms with Gasteiger partial charge in [-0.15, -0.1) is 0 Å². The van der Waals surface area contributed by atoms with Gasteiger partial charge in [-0.2, -0.15) is 0 Å². The van der Waals surface area contributed by atoms with Gasteiger partial charge in [-0.1, -0.05) is 18.2 Å². The number of hydrogen-bond donors (Lipinski definition) is 3. The van der Waals surface area contributed by atoms with E-state index >= 15 is 0 Å². The van der Waals surface area contributed by atoms with Gasteiger partial charge < -0.3 is 20.5 Å². The molecule has 0 aliphatic carbocycles. The van der Waals surface area contributed by atoms with E-state index in [0.717, 1.165) is 19.6 Å². The second-order valence-electron chi connectivity index (χ2n) is 5.32. The minimum atomic E-state index is -0.951. The first-order chi connectivity index (χ1) is 11.2. The number of nitrogens with one attached hydrogen (secondary N) is 2. The van der Waals surface area contributed by atoms with Crippen molar-refractivity contribution in [1.29, 1.82) is 0 Å². The molecule has 1 heterocycles. The molecule has 7 heteroatoms. The molecule has 0 bridgehead atoms. The minimum absolute atomic E-state index is 0.382. The van der Waals surface area contributed by atoms with Crippen LogP contribution in [0.1, 0.15) is 10.4 Å². The van der Waals surface area contributed by atoms with Gasteiger partial charge in [-0.25, -0.2) is 0 Å². The Kier molecular flexibility index (Phi) is 6.99. The van der Waals surface area contributed by atoms with Gasteiger partial charge >= 0.3 is 0 Å². The topological polar surface area (TPSA) is 90.9 Å². The number of carbonyl (C=O) groups is 2. The van der Waals surface area contributed by atoms with Crippen molar-refractivity contribution in [2.45, 2.75) is 6.04 Å². The Morgan fingerprint density at radius 3 is 2.57 bits per heavy atom. The first kappa shape index (κ1) is 17.4. The fourth-order valence-electron chi connectivity index (χ4n) is 2.31. The zero-order valence-electron chi connectivity index (χ0n) is 13.0. The highest BCUT2D eigenvalue weighted by atomic mass is 16.5. The highest BCUT2D eigenvalue weighted by molar-refractivity contribution is 5.97. The van der Waals surface area contributed by atoms with E-state index in [4.69, 9.17) is 4.74 Å². The van der Waals surface area contributed by atoms with Crippen LogP contribution in [0.3, 0.4) is 0 Å². The molecule has 23 heavy (non-hydrogen) atoms. The molecule has 2 amide bonds. The van der Waals surface area contributed by atoms with Crippen molar-refractivity contribution in [2.24, 2.45) is 0 Å². The molecule has 0 aromatic heterocycles. The lowest BCUT2D eigenvalue weighted by molar-refractivity contribution is -0.123. The molecule has 0 spiro atoms. The number of morpholine rings is 1. The van der Waals surface area contributed by atoms with E-state index in [1.165, 1.54) is 0 Å². The van der Waals surface area contributed by atoms with Gasteiger partial charge in [-0.05, 0) is 12.1 Å². The number of aliphatic hydroxyl groups is 1. The van der Waals surface area contributed by atoms with Crippen molar-refractivity contribution in [3.8, 4) is 0 Å². The lowest BCUT2D eigenvalue weighted by atomic mass is 10.2. The SMILES string of the molecule is O=C(NC(CO)C(=O)NCCN1CCOCC1)c1ccccc1. The average molecular weight is 321 g/mol. The van der Waals surface area contributed by atoms with Crippen LogP contribution < -0.4 is 10.6 Å². The molecule has 3 N–H and O–H groups in total. The highest BCUT2D eigenvalue weighted by Gasteiger charge is 2.20. The Balaban J connectivity index is 1.75. The molecule has 1 atom stereocenters. The predicted octanol–water partition coefficient (Wildman–Crippen LogP) is -0.774. The molecule has 1 fully saturated rings. The van der Waals surface area contributed by atoms with Crippen LogP contribution in [0.4, 0.5) is 0 Å². The maximum Gasteiger partial charge on any atom is 0.251 e. The number of ether oxygens (including phenoxy) is 1. The molecule has 1 saturated heterocycles. The summed E-state index contributed by atoms with van der Waals surface area (Å²) in [4.78, 5) is 26.3. The molecule has 1 aromatic rings. The van der Waals surface area contributed by atoms with Crippen LogP contribution in [0, 0.1) is 0 Å². The summed E-state index contributed by atoms with van der Waals surface area (Å²) in [5, 5.41) is 14.6. The summed E-state index contributed by atoms with van der Waals surface area (Å²) >= 11 is 0. The van der Waals surface area contributed by atoms with Crippen molar-refractivity contribution in [3.63, 3.8) is 0 Å². The van der Waals surface area contributed by atoms with Gasteiger partial charge in [0.1, 0.15) is 6.04 Å². The molecule has 1 aliphatic heterocycles. The molecule has 2 rings (SSSR count). The molecule has 1 aromatic carbocycles. The first-order valence-corrected chi connectivity index (χ1v) is 7.75. The zero-order valence-corrected chi connectivity index (χ0v) is 13.0. The largest absolute Gasteiger partial charge is 0.394 e. The van der Waals surface area contributed by atoms with E-state index in [1.807, 2.05) is 0 Å². The number of benzene rings is 1. The summed E-state index contributed by atoms with van der Waals surface area (Å²) in [5.41, 5.74) is 0.451. The van der Waals surface area contributed by atoms with Gasteiger partial charge in [0.2, 0.25) is 5.91 Å². The van der Waals surface area contributed by atoms with E-state index in [-0.39, 0.29) is 11.8 Å². The van der Waals surface area contributed by atoms with Crippen LogP contribution in [0.5, 0.6) is 0 Å². The van der Waals surface area contributed by atoms with E-state index in [2.05, 4.69) is 15.5 Å². The zero-order chi connectivity index (χ0) is 16.5. The van der Waals surface area contributed by atoms with Crippen molar-refractivity contribution in [3.05, 3.63) is 35.9 Å². The van der Waals surface area contributed by atoms with Crippen LogP contribution in [0.25, 0.3) is 0 Å². The Labute approximate surface area is 135 Å². The number of amides is 2. The number of nitrogens with zero attached hydrogens (tertiary/aromatic N) is 1. The fraction of sp³-hybridized carbons (Fsp3) is 0.500. The van der Waals surface area contributed by atoms with E-state index in [9.17, 15) is 14.7 Å². The molecule has 7 nitrogen and oxygen atoms in total. The maximum absolute atomic E-state index is 12.1. The molecule has 0 radical (unpaired) electrons. The van der Waals surface area contributed by atoms with Gasteiger partial charge in [0.25, 0.3) is 5.91 Å². The smallest absolute Gasteiger partial charge is 0.251 e. The van der Waals surface area contributed by atoms with E-state index in [1.54, 1.807) is 30.3 Å². The van der Waals surface area contributed by atoms with Crippen LogP contribution in [-0.4, -0.2) is 73.9 Å². The van der Waals surface area contributed by atoms with Crippen LogP contribution >= 0.6 is 0 Å². The lowest BCUT2D eigenvalue weighted by Crippen LogP contribution is -2.50. The molecular formula is C16H23N3O4. The summed E-state index contributed by atoms with van der Waals surface area (Å²) in [6.07, 6.45) is 0. The van der Waals surface area contributed by atoms with Crippen molar-refractivity contribution in [2.75, 3.05) is 46.0 Å². The summed E-state index contributed by atoms with van der Waals surface area (Å²) < 4.78 is 5.26. The molecule has 0 saturated carbocycles. The molecule has 126 valence electrons. The Morgan fingerprint density at radius 1 is 1.22 bits per heavy atom. The molecule has 1 unspecified atom stereocenters. The fourth-order valence-corrected chi connectivity index (χ4v) is 2.31. The normalized spacial score (nSPS) is 16.6. The van der Waals surface area contributed by atoms with Crippen molar-refractivity contribution >= 4 is 11.8 Å². The van der Waals surface area contributed by atoms with Crippen molar-refractivity contribution < 1.29 is 19.4 Å². The maximum atomic E-state index is 12.1. The Morgan fingerprint density at radius 2 is 1.91 bits per heavy atom. The molecular weight excluding hydrogens is 298 g/mol. The van der Waals surface area contributed by atoms with Gasteiger partial charge in [-0.3, -0.25) is 14.5 Å². The van der Waals surface area contributed by atoms with E-state index in [0.29, 0.717) is 25.3 Å². The van der Waals surface area contributed by atoms with E-state index < -0.39 is 12.6 Å². The number of rotatable bonds is 7. The number of hydrogen-bond acceptors (Lipinski definition) is 5. The second kappa shape index (κ2) is 9.24. The van der Waals surface area contributed by atoms with Gasteiger partial charge in [0.05, 0.1) is 19.8 Å². The van der Waals surface area contributed by atoms with Crippen LogP contribution in [-0.2, 0) is 9.53 Å². The third-order valence-electron chi connectivity index (χ3n) is 3.67. The Hall–Kier alpha value is -1.96. The third kappa shape index (κ3) is 5.63. The average Bonchev–Trinajstić information content (AvgIpc) is 2.61. The van der Waals surface area contributed by atoms with Gasteiger partial charge in [0, 0.05) is 31.7 Å². The predicted molar refractivity (Wildman–Crippen MR) is 85.1 cm³/mol. The monoisotopic (exact) mass is 321 g/mol. The first-order valence-electron chi connectivity index (χ1n) is 7.75. The second-order valence-corrected chi connectivity index (χ2v) is 5.32. The quantitative estimate of drug-likeness (QED) is 0.613. The summed E-state index contributed by atoms with van der Waals surface area (Å²) in [6, 6.07) is 7.64. The van der Waals surface area contributed by atoms with Crippen molar-refractivity contribution in [1.82, 2.24) is 15.5 Å². The van der Waals surface area contributed by atoms with Gasteiger partial charge in [0.15, 0.2) is 0 Å². The lowest BCUT2D eigenvalue weighted by Gasteiger charge is -2.26. The number of aliphatic hydroxyl groups excluding tert-OH is 1. The third-order valence-corrected chi connectivity index (χ3v) is 3.67. The highest BCUT2D eigenvalue weighted by Crippen LogP contribution is 1.99. The summed E-state index contributed by atoms with van der Waals surface area (Å²) in [6.45, 7) is 3.87. The summed E-state index contributed by atoms with van der Waals surface area (Å²) in [7, 11) is 0.